The molecule has 0 aromatic carbocycles. The Morgan fingerprint density at radius 3 is 1.29 bits per heavy atom. The summed E-state index contributed by atoms with van der Waals surface area (Å²) in [5, 5.41) is 6.28. The van der Waals surface area contributed by atoms with Crippen molar-refractivity contribution in [2.45, 2.75) is 76.3 Å². The van der Waals surface area contributed by atoms with Crippen molar-refractivity contribution in [3.63, 3.8) is 0 Å². The zero-order valence-electron chi connectivity index (χ0n) is 13.8. The molecule has 2 N–H and O–H groups in total. The van der Waals surface area contributed by atoms with Crippen LogP contribution < -0.4 is 10.6 Å². The van der Waals surface area contributed by atoms with Crippen LogP contribution in [0.4, 0.5) is 0 Å². The third kappa shape index (κ3) is 3.80. The molecule has 0 radical (unpaired) electrons. The number of carbonyl (C=O) groups excluding carboxylic acids is 2. The SMILES string of the molecule is O=C1C(Cl)=C(NC2CCCCC2)C(=O)C(Cl)=C1NC1CCCCC1. The van der Waals surface area contributed by atoms with Gasteiger partial charge in [0, 0.05) is 12.1 Å². The quantitative estimate of drug-likeness (QED) is 0.737. The molecule has 24 heavy (non-hydrogen) atoms. The van der Waals surface area contributed by atoms with Crippen LogP contribution in [0.25, 0.3) is 0 Å². The van der Waals surface area contributed by atoms with Crippen molar-refractivity contribution >= 4 is 34.8 Å². The molecule has 0 spiro atoms. The number of Topliss-reactive ketones (excluding diaryl/α,β-unsaturated/α-hetero) is 2. The third-order valence-electron chi connectivity index (χ3n) is 5.20. The molecule has 0 saturated heterocycles. The first-order valence-electron chi connectivity index (χ1n) is 9.00. The van der Waals surface area contributed by atoms with Crippen molar-refractivity contribution in [1.29, 1.82) is 0 Å². The summed E-state index contributed by atoms with van der Waals surface area (Å²) >= 11 is 12.5. The van der Waals surface area contributed by atoms with E-state index in [0.717, 1.165) is 51.4 Å². The standard InChI is InChI=1S/C18H24Cl2N2O2/c19-13-15(21-11-7-3-1-4-8-11)17(23)14(20)16(18(13)24)22-12-9-5-2-6-10-12/h11-12,21-22H,1-10H2. The fourth-order valence-electron chi connectivity index (χ4n) is 3.81. The maximum Gasteiger partial charge on any atom is 0.224 e. The zero-order chi connectivity index (χ0) is 17.1. The molecule has 6 heteroatoms. The summed E-state index contributed by atoms with van der Waals surface area (Å²) in [5.41, 5.74) is 0.348. The number of ketones is 2. The Hall–Kier alpha value is -1.00. The first-order chi connectivity index (χ1) is 11.6. The van der Waals surface area contributed by atoms with Crippen molar-refractivity contribution in [2.24, 2.45) is 0 Å². The van der Waals surface area contributed by atoms with Crippen molar-refractivity contribution in [3.8, 4) is 0 Å². The number of nitrogens with one attached hydrogen (secondary N) is 2. The van der Waals surface area contributed by atoms with E-state index in [4.69, 9.17) is 23.2 Å². The molecular formula is C18H24Cl2N2O2. The fraction of sp³-hybridized carbons (Fsp3) is 0.667. The number of rotatable bonds is 4. The predicted octanol–water partition coefficient (Wildman–Crippen LogP) is 3.88. The van der Waals surface area contributed by atoms with Gasteiger partial charge in [-0.3, -0.25) is 9.59 Å². The van der Waals surface area contributed by atoms with Crippen molar-refractivity contribution in [3.05, 3.63) is 21.5 Å². The highest BCUT2D eigenvalue weighted by Crippen LogP contribution is 2.30. The average Bonchev–Trinajstić information content (AvgIpc) is 2.62. The molecule has 132 valence electrons. The highest BCUT2D eigenvalue weighted by Gasteiger charge is 2.35. The lowest BCUT2D eigenvalue weighted by atomic mass is 9.93. The largest absolute Gasteiger partial charge is 0.378 e. The number of carbonyl (C=O) groups is 2. The number of halogens is 2. The second kappa shape index (κ2) is 7.92. The lowest BCUT2D eigenvalue weighted by Crippen LogP contribution is -2.41. The van der Waals surface area contributed by atoms with E-state index in [1.807, 2.05) is 0 Å². The summed E-state index contributed by atoms with van der Waals surface area (Å²) in [6.45, 7) is 0. The highest BCUT2D eigenvalue weighted by atomic mass is 35.5. The van der Waals surface area contributed by atoms with Gasteiger partial charge in [-0.05, 0) is 25.7 Å². The molecule has 3 aliphatic rings. The van der Waals surface area contributed by atoms with Gasteiger partial charge in [-0.15, -0.1) is 0 Å². The summed E-state index contributed by atoms with van der Waals surface area (Å²) in [6.07, 6.45) is 10.9. The van der Waals surface area contributed by atoms with Gasteiger partial charge in [0.1, 0.15) is 21.5 Å². The molecule has 3 aliphatic carbocycles. The Kier molecular flexibility index (Phi) is 5.88. The van der Waals surface area contributed by atoms with Crippen LogP contribution in [0.2, 0.25) is 0 Å². The van der Waals surface area contributed by atoms with E-state index in [0.29, 0.717) is 0 Å². The Morgan fingerprint density at radius 2 is 0.958 bits per heavy atom. The van der Waals surface area contributed by atoms with Gasteiger partial charge in [0.25, 0.3) is 0 Å². The second-order valence-corrected chi connectivity index (χ2v) is 7.75. The van der Waals surface area contributed by atoms with Crippen LogP contribution in [0, 0.1) is 0 Å². The molecule has 0 aromatic heterocycles. The van der Waals surface area contributed by atoms with Gasteiger partial charge in [0.2, 0.25) is 11.6 Å². The Bertz CT molecular complexity index is 534. The molecule has 0 atom stereocenters. The van der Waals surface area contributed by atoms with Gasteiger partial charge in [-0.25, -0.2) is 0 Å². The molecule has 0 amide bonds. The third-order valence-corrected chi connectivity index (χ3v) is 5.92. The molecule has 0 aliphatic heterocycles. The van der Waals surface area contributed by atoms with Crippen LogP contribution in [-0.4, -0.2) is 23.7 Å². The highest BCUT2D eigenvalue weighted by molar-refractivity contribution is 6.55. The number of hydrogen-bond donors (Lipinski definition) is 2. The van der Waals surface area contributed by atoms with Crippen LogP contribution >= 0.6 is 23.2 Å². The van der Waals surface area contributed by atoms with Gasteiger partial charge >= 0.3 is 0 Å². The molecule has 0 unspecified atom stereocenters. The van der Waals surface area contributed by atoms with E-state index >= 15 is 0 Å². The number of allylic oxidation sites excluding steroid dienone is 2. The van der Waals surface area contributed by atoms with Crippen LogP contribution in [0.1, 0.15) is 64.2 Å². The van der Waals surface area contributed by atoms with Crippen molar-refractivity contribution in [2.75, 3.05) is 0 Å². The predicted molar refractivity (Wildman–Crippen MR) is 95.8 cm³/mol. The van der Waals surface area contributed by atoms with Gasteiger partial charge < -0.3 is 10.6 Å². The molecule has 2 fully saturated rings. The molecular weight excluding hydrogens is 347 g/mol. The topological polar surface area (TPSA) is 58.2 Å². The van der Waals surface area contributed by atoms with Crippen molar-refractivity contribution < 1.29 is 9.59 Å². The molecule has 0 bridgehead atoms. The van der Waals surface area contributed by atoms with Crippen molar-refractivity contribution in [1.82, 2.24) is 10.6 Å². The van der Waals surface area contributed by atoms with E-state index in [1.54, 1.807) is 0 Å². The Balaban J connectivity index is 1.74. The van der Waals surface area contributed by atoms with Gasteiger partial charge in [-0.1, -0.05) is 61.7 Å². The van der Waals surface area contributed by atoms with E-state index in [-0.39, 0.29) is 45.1 Å². The van der Waals surface area contributed by atoms with Crippen LogP contribution in [0.3, 0.4) is 0 Å². The van der Waals surface area contributed by atoms with E-state index in [1.165, 1.54) is 12.8 Å². The summed E-state index contributed by atoms with van der Waals surface area (Å²) < 4.78 is 0. The molecule has 4 nitrogen and oxygen atoms in total. The van der Waals surface area contributed by atoms with E-state index in [2.05, 4.69) is 10.6 Å². The maximum atomic E-state index is 12.6. The minimum atomic E-state index is -0.370. The number of hydrogen-bond acceptors (Lipinski definition) is 4. The van der Waals surface area contributed by atoms with E-state index < -0.39 is 0 Å². The summed E-state index contributed by atoms with van der Waals surface area (Å²) in [4.78, 5) is 25.2. The molecule has 0 aromatic rings. The summed E-state index contributed by atoms with van der Waals surface area (Å²) in [5.74, 6) is -0.740. The lowest BCUT2D eigenvalue weighted by Gasteiger charge is -2.29. The monoisotopic (exact) mass is 370 g/mol. The Morgan fingerprint density at radius 1 is 0.625 bits per heavy atom. The maximum absolute atomic E-state index is 12.6. The van der Waals surface area contributed by atoms with Crippen LogP contribution in [0.5, 0.6) is 0 Å². The first-order valence-corrected chi connectivity index (χ1v) is 9.75. The molecule has 0 heterocycles. The Labute approximate surface area is 153 Å². The van der Waals surface area contributed by atoms with Gasteiger partial charge in [0.05, 0.1) is 0 Å². The molecule has 2 saturated carbocycles. The van der Waals surface area contributed by atoms with E-state index in [9.17, 15) is 9.59 Å². The summed E-state index contributed by atoms with van der Waals surface area (Å²) in [7, 11) is 0. The van der Waals surface area contributed by atoms with Gasteiger partial charge in [-0.2, -0.15) is 0 Å². The minimum Gasteiger partial charge on any atom is -0.378 e. The first kappa shape index (κ1) is 17.8. The zero-order valence-corrected chi connectivity index (χ0v) is 15.3. The second-order valence-electron chi connectivity index (χ2n) is 6.99. The lowest BCUT2D eigenvalue weighted by molar-refractivity contribution is -0.116. The fourth-order valence-corrected chi connectivity index (χ4v) is 4.28. The smallest absolute Gasteiger partial charge is 0.224 e. The molecule has 3 rings (SSSR count). The normalized spacial score (nSPS) is 24.6. The van der Waals surface area contributed by atoms with Crippen LogP contribution in [-0.2, 0) is 9.59 Å². The summed E-state index contributed by atoms with van der Waals surface area (Å²) in [6, 6.07) is 0.383. The average molecular weight is 371 g/mol. The van der Waals surface area contributed by atoms with Crippen LogP contribution in [0.15, 0.2) is 21.5 Å². The van der Waals surface area contributed by atoms with Gasteiger partial charge in [0.15, 0.2) is 0 Å². The minimum absolute atomic E-state index is 0.0340.